The van der Waals surface area contributed by atoms with E-state index in [2.05, 4.69) is 20.3 Å². The van der Waals surface area contributed by atoms with Crippen LogP contribution in [0.3, 0.4) is 0 Å². The average molecular weight is 305 g/mol. The Labute approximate surface area is 126 Å². The molecular weight excluding hydrogens is 286 g/mol. The van der Waals surface area contributed by atoms with Gasteiger partial charge in [0.2, 0.25) is 5.95 Å². The number of nitrogens with one attached hydrogen (secondary N) is 1. The predicted molar refractivity (Wildman–Crippen MR) is 82.0 cm³/mol. The molecule has 1 aliphatic rings. The lowest BCUT2D eigenvalue weighted by Crippen LogP contribution is -2.44. The standard InChI is InChI=1S/C13H19N7O2/c1-3-20-10-8(9(11(14)21)17-18(2)12(10)22)16-13(20)19-6-4-15-5-7-19/h15H,3-7H2,1-2H3,(H2,14,21). The number of rotatable bonds is 3. The Morgan fingerprint density at radius 1 is 1.36 bits per heavy atom. The van der Waals surface area contributed by atoms with E-state index < -0.39 is 5.91 Å². The summed E-state index contributed by atoms with van der Waals surface area (Å²) in [6, 6.07) is 0. The molecule has 1 fully saturated rings. The van der Waals surface area contributed by atoms with Crippen molar-refractivity contribution < 1.29 is 4.79 Å². The Morgan fingerprint density at radius 2 is 2.05 bits per heavy atom. The fourth-order valence-corrected chi connectivity index (χ4v) is 2.79. The Hall–Kier alpha value is -2.42. The number of aryl methyl sites for hydroxylation is 2. The summed E-state index contributed by atoms with van der Waals surface area (Å²) in [5.41, 5.74) is 5.80. The summed E-state index contributed by atoms with van der Waals surface area (Å²) in [6.45, 7) is 5.81. The number of carbonyl (C=O) groups is 1. The highest BCUT2D eigenvalue weighted by Crippen LogP contribution is 2.22. The monoisotopic (exact) mass is 305 g/mol. The van der Waals surface area contributed by atoms with Gasteiger partial charge in [-0.25, -0.2) is 9.67 Å². The number of primary amides is 1. The van der Waals surface area contributed by atoms with E-state index in [1.54, 1.807) is 0 Å². The number of piperazine rings is 1. The average Bonchev–Trinajstić information content (AvgIpc) is 2.91. The van der Waals surface area contributed by atoms with Crippen LogP contribution in [-0.4, -0.2) is 51.4 Å². The van der Waals surface area contributed by atoms with Gasteiger partial charge in [0.05, 0.1) is 0 Å². The molecule has 9 nitrogen and oxygen atoms in total. The summed E-state index contributed by atoms with van der Waals surface area (Å²) < 4.78 is 2.97. The van der Waals surface area contributed by atoms with Gasteiger partial charge in [0.25, 0.3) is 11.5 Å². The highest BCUT2D eigenvalue weighted by atomic mass is 16.1. The third kappa shape index (κ3) is 2.13. The number of carbonyl (C=O) groups excluding carboxylic acids is 1. The van der Waals surface area contributed by atoms with Crippen LogP contribution in [0.15, 0.2) is 4.79 Å². The van der Waals surface area contributed by atoms with Crippen molar-refractivity contribution in [3.63, 3.8) is 0 Å². The van der Waals surface area contributed by atoms with Gasteiger partial charge in [-0.05, 0) is 6.92 Å². The van der Waals surface area contributed by atoms with Crippen LogP contribution < -0.4 is 21.5 Å². The van der Waals surface area contributed by atoms with Crippen LogP contribution in [0.2, 0.25) is 0 Å². The molecule has 1 saturated heterocycles. The van der Waals surface area contributed by atoms with Gasteiger partial charge < -0.3 is 20.5 Å². The third-order valence-electron chi connectivity index (χ3n) is 3.87. The molecule has 0 radical (unpaired) electrons. The quantitative estimate of drug-likeness (QED) is 0.726. The topological polar surface area (TPSA) is 111 Å². The molecule has 0 saturated carbocycles. The minimum atomic E-state index is -0.687. The maximum atomic E-state index is 12.4. The van der Waals surface area contributed by atoms with Crippen molar-refractivity contribution in [3.8, 4) is 0 Å². The molecule has 0 bridgehead atoms. The van der Waals surface area contributed by atoms with Crippen molar-refractivity contribution in [2.75, 3.05) is 31.1 Å². The summed E-state index contributed by atoms with van der Waals surface area (Å²) in [5.74, 6) is -0.000172. The number of anilines is 1. The fraction of sp³-hybridized carbons (Fsp3) is 0.538. The molecule has 0 atom stereocenters. The molecule has 3 heterocycles. The Morgan fingerprint density at radius 3 is 2.64 bits per heavy atom. The number of fused-ring (bicyclic) bond motifs is 1. The molecule has 2 aromatic heterocycles. The first-order valence-corrected chi connectivity index (χ1v) is 7.27. The maximum Gasteiger partial charge on any atom is 0.292 e. The van der Waals surface area contributed by atoms with Crippen molar-refractivity contribution in [1.82, 2.24) is 24.6 Å². The second kappa shape index (κ2) is 5.41. The molecule has 0 unspecified atom stereocenters. The Kier molecular flexibility index (Phi) is 3.57. The highest BCUT2D eigenvalue weighted by Gasteiger charge is 2.24. The minimum absolute atomic E-state index is 0.0284. The van der Waals surface area contributed by atoms with Crippen molar-refractivity contribution >= 4 is 22.9 Å². The van der Waals surface area contributed by atoms with E-state index in [-0.39, 0.29) is 16.8 Å². The van der Waals surface area contributed by atoms with E-state index in [9.17, 15) is 9.59 Å². The molecule has 1 aliphatic heterocycles. The number of nitrogens with two attached hydrogens (primary N) is 1. The molecule has 22 heavy (non-hydrogen) atoms. The second-order valence-electron chi connectivity index (χ2n) is 5.23. The zero-order chi connectivity index (χ0) is 15.9. The van der Waals surface area contributed by atoms with Crippen molar-refractivity contribution in [2.24, 2.45) is 12.8 Å². The lowest BCUT2D eigenvalue weighted by molar-refractivity contribution is 0.0995. The number of nitrogens with zero attached hydrogens (tertiary/aromatic N) is 5. The first-order chi connectivity index (χ1) is 10.5. The van der Waals surface area contributed by atoms with Gasteiger partial charge >= 0.3 is 0 Å². The van der Waals surface area contributed by atoms with Crippen molar-refractivity contribution in [1.29, 1.82) is 0 Å². The second-order valence-corrected chi connectivity index (χ2v) is 5.23. The fourth-order valence-electron chi connectivity index (χ4n) is 2.79. The van der Waals surface area contributed by atoms with Crippen LogP contribution in [0.5, 0.6) is 0 Å². The van der Waals surface area contributed by atoms with E-state index in [0.717, 1.165) is 30.9 Å². The molecule has 0 aromatic carbocycles. The van der Waals surface area contributed by atoms with E-state index >= 15 is 0 Å². The lowest BCUT2D eigenvalue weighted by atomic mass is 10.3. The molecular formula is C13H19N7O2. The molecule has 2 aromatic rings. The molecule has 3 rings (SSSR count). The normalized spacial score (nSPS) is 15.5. The highest BCUT2D eigenvalue weighted by molar-refractivity contribution is 6.02. The van der Waals surface area contributed by atoms with Crippen LogP contribution in [0, 0.1) is 0 Å². The SMILES string of the molecule is CCn1c(N2CCNCC2)nc2c(C(N)=O)nn(C)c(=O)c21. The molecule has 0 aliphatic carbocycles. The van der Waals surface area contributed by atoms with Gasteiger partial charge in [0, 0.05) is 39.8 Å². The largest absolute Gasteiger partial charge is 0.364 e. The van der Waals surface area contributed by atoms with Crippen LogP contribution in [0.25, 0.3) is 11.0 Å². The van der Waals surface area contributed by atoms with Gasteiger partial charge in [0.15, 0.2) is 5.69 Å². The van der Waals surface area contributed by atoms with Gasteiger partial charge in [-0.15, -0.1) is 0 Å². The zero-order valence-electron chi connectivity index (χ0n) is 12.7. The van der Waals surface area contributed by atoms with Gasteiger partial charge in [-0.2, -0.15) is 5.10 Å². The number of hydrogen-bond acceptors (Lipinski definition) is 6. The summed E-state index contributed by atoms with van der Waals surface area (Å²) in [6.07, 6.45) is 0. The first-order valence-electron chi connectivity index (χ1n) is 7.27. The molecule has 118 valence electrons. The zero-order valence-corrected chi connectivity index (χ0v) is 12.7. The van der Waals surface area contributed by atoms with Crippen LogP contribution in [-0.2, 0) is 13.6 Å². The predicted octanol–water partition coefficient (Wildman–Crippen LogP) is -1.34. The van der Waals surface area contributed by atoms with Crippen LogP contribution in [0.1, 0.15) is 17.4 Å². The Balaban J connectivity index is 2.31. The van der Waals surface area contributed by atoms with Crippen LogP contribution in [0.4, 0.5) is 5.95 Å². The van der Waals surface area contributed by atoms with E-state index in [1.807, 2.05) is 11.5 Å². The summed E-state index contributed by atoms with van der Waals surface area (Å²) in [7, 11) is 1.51. The smallest absolute Gasteiger partial charge is 0.292 e. The number of aromatic nitrogens is 4. The maximum absolute atomic E-state index is 12.4. The van der Waals surface area contributed by atoms with E-state index in [4.69, 9.17) is 5.73 Å². The van der Waals surface area contributed by atoms with Gasteiger partial charge in [-0.3, -0.25) is 9.59 Å². The Bertz CT molecular complexity index is 786. The summed E-state index contributed by atoms with van der Waals surface area (Å²) in [5, 5.41) is 7.23. The number of hydrogen-bond donors (Lipinski definition) is 2. The number of imidazole rings is 1. The van der Waals surface area contributed by atoms with Crippen molar-refractivity contribution in [3.05, 3.63) is 16.0 Å². The lowest BCUT2D eigenvalue weighted by Gasteiger charge is -2.28. The van der Waals surface area contributed by atoms with Crippen molar-refractivity contribution in [2.45, 2.75) is 13.5 Å². The van der Waals surface area contributed by atoms with Gasteiger partial charge in [-0.1, -0.05) is 0 Å². The molecule has 9 heteroatoms. The number of amides is 1. The summed E-state index contributed by atoms with van der Waals surface area (Å²) in [4.78, 5) is 30.7. The third-order valence-corrected chi connectivity index (χ3v) is 3.87. The summed E-state index contributed by atoms with van der Waals surface area (Å²) >= 11 is 0. The molecule has 0 spiro atoms. The minimum Gasteiger partial charge on any atom is -0.364 e. The van der Waals surface area contributed by atoms with E-state index in [0.29, 0.717) is 18.0 Å². The van der Waals surface area contributed by atoms with E-state index in [1.165, 1.54) is 7.05 Å². The molecule has 3 N–H and O–H groups in total. The molecule has 1 amide bonds. The first kappa shape index (κ1) is 14.5. The van der Waals surface area contributed by atoms with Crippen LogP contribution >= 0.6 is 0 Å². The van der Waals surface area contributed by atoms with Gasteiger partial charge in [0.1, 0.15) is 11.0 Å².